The predicted molar refractivity (Wildman–Crippen MR) is 166 cm³/mol. The van der Waals surface area contributed by atoms with Crippen LogP contribution in [0.25, 0.3) is 11.1 Å². The van der Waals surface area contributed by atoms with Gasteiger partial charge in [0.15, 0.2) is 6.23 Å². The van der Waals surface area contributed by atoms with Gasteiger partial charge in [-0.15, -0.1) is 0 Å². The number of carbonyl (C=O) groups excluding carboxylic acids is 3. The van der Waals surface area contributed by atoms with Gasteiger partial charge in [0.2, 0.25) is 6.41 Å². The highest BCUT2D eigenvalue weighted by Crippen LogP contribution is 2.41. The van der Waals surface area contributed by atoms with Crippen molar-refractivity contribution >= 4 is 29.9 Å². The van der Waals surface area contributed by atoms with Crippen molar-refractivity contribution in [2.75, 3.05) is 7.11 Å². The number of dihydropyridines is 1. The van der Waals surface area contributed by atoms with Crippen molar-refractivity contribution in [2.24, 2.45) is 0 Å². The molecule has 2 aromatic carbocycles. The molecule has 45 heavy (non-hydrogen) atoms. The minimum absolute atomic E-state index is 0.00274. The zero-order valence-corrected chi connectivity index (χ0v) is 25.5. The number of halogens is 1. The maximum absolute atomic E-state index is 13.6. The van der Waals surface area contributed by atoms with Gasteiger partial charge in [0.1, 0.15) is 17.4 Å². The Morgan fingerprint density at radius 3 is 2.33 bits per heavy atom. The Balaban J connectivity index is 1.54. The molecular weight excluding hydrogens is 600 g/mol. The Morgan fingerprint density at radius 2 is 1.71 bits per heavy atom. The van der Waals surface area contributed by atoms with Gasteiger partial charge >= 0.3 is 11.9 Å². The first kappa shape index (κ1) is 32.3. The number of methoxy groups -OCH3 is 1. The summed E-state index contributed by atoms with van der Waals surface area (Å²) in [6.45, 7) is 5.09. The van der Waals surface area contributed by atoms with Crippen LogP contribution in [-0.4, -0.2) is 36.7 Å². The van der Waals surface area contributed by atoms with E-state index in [1.165, 1.54) is 25.5 Å². The van der Waals surface area contributed by atoms with Crippen LogP contribution in [0.4, 0.5) is 0 Å². The molecule has 0 fully saturated rings. The van der Waals surface area contributed by atoms with Gasteiger partial charge in [-0.2, -0.15) is 5.26 Å². The topological polar surface area (TPSA) is 160 Å². The Hall–Kier alpha value is -5.60. The second kappa shape index (κ2) is 14.2. The van der Waals surface area contributed by atoms with Crippen molar-refractivity contribution in [3.63, 3.8) is 0 Å². The van der Waals surface area contributed by atoms with Crippen LogP contribution >= 0.6 is 11.6 Å². The third-order valence-electron chi connectivity index (χ3n) is 7.05. The fourth-order valence-electron chi connectivity index (χ4n) is 4.95. The van der Waals surface area contributed by atoms with Gasteiger partial charge in [-0.1, -0.05) is 41.9 Å². The van der Waals surface area contributed by atoms with Crippen molar-refractivity contribution in [3.8, 4) is 22.9 Å². The number of aromatic nitrogens is 1. The summed E-state index contributed by atoms with van der Waals surface area (Å²) in [6, 6.07) is 17.1. The van der Waals surface area contributed by atoms with E-state index in [0.29, 0.717) is 45.4 Å². The van der Waals surface area contributed by atoms with Gasteiger partial charge in [-0.3, -0.25) is 9.59 Å². The zero-order chi connectivity index (χ0) is 32.7. The van der Waals surface area contributed by atoms with Gasteiger partial charge in [-0.25, -0.2) is 9.59 Å². The van der Waals surface area contributed by atoms with Gasteiger partial charge in [0, 0.05) is 33.8 Å². The van der Waals surface area contributed by atoms with E-state index in [1.54, 1.807) is 69.3 Å². The van der Waals surface area contributed by atoms with E-state index in [0.717, 1.165) is 5.56 Å². The van der Waals surface area contributed by atoms with Crippen LogP contribution in [0.3, 0.4) is 0 Å². The van der Waals surface area contributed by atoms with Crippen LogP contribution < -0.4 is 20.9 Å². The normalized spacial score (nSPS) is 15.2. The molecule has 230 valence electrons. The highest BCUT2D eigenvalue weighted by Gasteiger charge is 2.39. The van der Waals surface area contributed by atoms with Gasteiger partial charge in [-0.05, 0) is 56.2 Å². The number of pyridine rings is 1. The molecule has 12 heteroatoms. The van der Waals surface area contributed by atoms with E-state index < -0.39 is 29.6 Å². The number of H-pyrrole nitrogens is 1. The number of amides is 1. The first-order chi connectivity index (χ1) is 21.6. The molecule has 3 N–H and O–H groups in total. The highest BCUT2D eigenvalue weighted by molar-refractivity contribution is 6.31. The number of allylic oxidation sites excluding steroid dienone is 2. The molecule has 1 aliphatic rings. The van der Waals surface area contributed by atoms with Crippen LogP contribution in [-0.2, 0) is 23.9 Å². The minimum Gasteiger partial charge on any atom is -0.466 e. The molecule has 2 unspecified atom stereocenters. The van der Waals surface area contributed by atoms with E-state index in [2.05, 4.69) is 15.6 Å². The summed E-state index contributed by atoms with van der Waals surface area (Å²) < 4.78 is 16.3. The van der Waals surface area contributed by atoms with Gasteiger partial charge in [0.25, 0.3) is 5.56 Å². The van der Waals surface area contributed by atoms with E-state index in [9.17, 15) is 24.4 Å². The maximum Gasteiger partial charge on any atom is 0.338 e. The lowest BCUT2D eigenvalue weighted by Crippen LogP contribution is -2.36. The molecule has 0 radical (unpaired) electrons. The van der Waals surface area contributed by atoms with Crippen LogP contribution in [0.2, 0.25) is 5.02 Å². The lowest BCUT2D eigenvalue weighted by Gasteiger charge is -2.31. The maximum atomic E-state index is 13.6. The van der Waals surface area contributed by atoms with Crippen LogP contribution in [0.5, 0.6) is 5.75 Å². The number of hydrogen-bond acceptors (Lipinski definition) is 9. The summed E-state index contributed by atoms with van der Waals surface area (Å²) >= 11 is 6.51. The molecule has 4 rings (SSSR count). The smallest absolute Gasteiger partial charge is 0.338 e. The van der Waals surface area contributed by atoms with Crippen LogP contribution in [0.15, 0.2) is 94.3 Å². The number of carbonyl (C=O) groups is 3. The molecule has 2 heterocycles. The number of nitrogens with one attached hydrogen (secondary N) is 3. The Kier molecular flexibility index (Phi) is 10.2. The number of benzene rings is 2. The van der Waals surface area contributed by atoms with E-state index >= 15 is 0 Å². The summed E-state index contributed by atoms with van der Waals surface area (Å²) in [5.41, 5.74) is 3.30. The number of rotatable bonds is 10. The average molecular weight is 629 g/mol. The standard InChI is InChI=1S/C33H29ClN4O7/c1-18-25(15-22(16-35)31(40)38-18)21-9-11-23(12-10-21)44-14-13-27(36-17-39)45-33(42)29-20(3)37-19(2)28(32(41)43-4)30(29)24-7-5-6-8-26(24)34/h5-15,17,27,30,37H,1-4H3,(H,36,39)(H,38,40). The molecule has 0 saturated heterocycles. The van der Waals surface area contributed by atoms with Gasteiger partial charge in [0.05, 0.1) is 30.4 Å². The second-order valence-corrected chi connectivity index (χ2v) is 10.3. The van der Waals surface area contributed by atoms with E-state index in [4.69, 9.17) is 25.8 Å². The Labute approximate surface area is 263 Å². The molecule has 1 aromatic heterocycles. The molecule has 1 amide bonds. The van der Waals surface area contributed by atoms with Crippen molar-refractivity contribution in [1.82, 2.24) is 15.6 Å². The molecule has 1 aliphatic heterocycles. The second-order valence-electron chi connectivity index (χ2n) is 9.89. The average Bonchev–Trinajstić information content (AvgIpc) is 3.01. The predicted octanol–water partition coefficient (Wildman–Crippen LogP) is 4.49. The first-order valence-corrected chi connectivity index (χ1v) is 14.0. The number of aromatic amines is 1. The fraction of sp³-hybridized carbons (Fsp3) is 0.182. The lowest BCUT2D eigenvalue weighted by atomic mass is 9.80. The van der Waals surface area contributed by atoms with Crippen molar-refractivity contribution in [3.05, 3.63) is 122 Å². The SMILES string of the molecule is COC(=O)C1=C(C)NC(C)=C(C(=O)OC(C=COc2ccc(-c3cc(C#N)c(=O)[nH]c3C)cc2)NC=O)C1c1ccccc1Cl. The van der Waals surface area contributed by atoms with Crippen molar-refractivity contribution in [1.29, 1.82) is 5.26 Å². The Bertz CT molecular complexity index is 1830. The fourth-order valence-corrected chi connectivity index (χ4v) is 5.19. The lowest BCUT2D eigenvalue weighted by molar-refractivity contribution is -0.144. The number of esters is 2. The van der Waals surface area contributed by atoms with Crippen LogP contribution in [0, 0.1) is 18.3 Å². The molecule has 3 aromatic rings. The summed E-state index contributed by atoms with van der Waals surface area (Å²) in [7, 11) is 1.24. The van der Waals surface area contributed by atoms with Crippen molar-refractivity contribution in [2.45, 2.75) is 32.9 Å². The minimum atomic E-state index is -1.23. The molecular formula is C33H29ClN4O7. The van der Waals surface area contributed by atoms with Crippen LogP contribution in [0.1, 0.15) is 36.6 Å². The number of ether oxygens (including phenoxy) is 3. The van der Waals surface area contributed by atoms with E-state index in [1.807, 2.05) is 6.07 Å². The third kappa shape index (κ3) is 7.14. The Morgan fingerprint density at radius 1 is 1.04 bits per heavy atom. The molecule has 0 saturated carbocycles. The molecule has 2 atom stereocenters. The summed E-state index contributed by atoms with van der Waals surface area (Å²) in [6.07, 6.45) is 1.71. The quantitative estimate of drug-likeness (QED) is 0.127. The molecule has 0 spiro atoms. The molecule has 11 nitrogen and oxygen atoms in total. The number of nitrogens with zero attached hydrogens (tertiary/aromatic N) is 1. The zero-order valence-electron chi connectivity index (χ0n) is 24.8. The number of aryl methyl sites for hydroxylation is 1. The molecule has 0 aliphatic carbocycles. The number of nitriles is 1. The van der Waals surface area contributed by atoms with E-state index in [-0.39, 0.29) is 16.7 Å². The number of hydrogen-bond donors (Lipinski definition) is 3. The third-order valence-corrected chi connectivity index (χ3v) is 7.39. The first-order valence-electron chi connectivity index (χ1n) is 13.6. The summed E-state index contributed by atoms with van der Waals surface area (Å²) in [5.74, 6) is -1.96. The highest BCUT2D eigenvalue weighted by atomic mass is 35.5. The van der Waals surface area contributed by atoms with Gasteiger partial charge < -0.3 is 29.8 Å². The monoisotopic (exact) mass is 628 g/mol. The summed E-state index contributed by atoms with van der Waals surface area (Å²) in [4.78, 5) is 52.4. The molecule has 0 bridgehead atoms. The largest absolute Gasteiger partial charge is 0.466 e. The summed E-state index contributed by atoms with van der Waals surface area (Å²) in [5, 5.41) is 15.0. The van der Waals surface area contributed by atoms with Crippen molar-refractivity contribution < 1.29 is 28.6 Å².